The average molecular weight is 329 g/mol. The van der Waals surface area contributed by atoms with Crippen molar-refractivity contribution in [3.05, 3.63) is 23.2 Å². The van der Waals surface area contributed by atoms with Crippen LogP contribution in [0.15, 0.2) is 18.2 Å². The van der Waals surface area contributed by atoms with Crippen LogP contribution >= 0.6 is 11.3 Å². The molecule has 2 aliphatic rings. The Labute approximate surface area is 140 Å². The number of likely N-dealkylation sites (tertiary alicyclic amines) is 1. The summed E-state index contributed by atoms with van der Waals surface area (Å²) >= 11 is 1.79. The van der Waals surface area contributed by atoms with Gasteiger partial charge < -0.3 is 10.2 Å². The Balaban J connectivity index is 1.44. The van der Waals surface area contributed by atoms with E-state index < -0.39 is 0 Å². The maximum absolute atomic E-state index is 11.2. The number of fused-ring (bicyclic) bond motifs is 1. The Morgan fingerprint density at radius 3 is 2.78 bits per heavy atom. The fourth-order valence-electron chi connectivity index (χ4n) is 3.77. The molecule has 0 spiro atoms. The first kappa shape index (κ1) is 15.1. The van der Waals surface area contributed by atoms with Crippen LogP contribution in [0.4, 0.5) is 5.69 Å². The van der Waals surface area contributed by atoms with Gasteiger partial charge in [-0.25, -0.2) is 4.98 Å². The lowest BCUT2D eigenvalue weighted by Gasteiger charge is -2.43. The van der Waals surface area contributed by atoms with Gasteiger partial charge in [-0.1, -0.05) is 6.42 Å². The number of hydrogen-bond acceptors (Lipinski definition) is 4. The van der Waals surface area contributed by atoms with Gasteiger partial charge in [0.1, 0.15) is 0 Å². The third-order valence-corrected chi connectivity index (χ3v) is 6.28. The molecule has 2 fully saturated rings. The van der Waals surface area contributed by atoms with Crippen molar-refractivity contribution in [2.24, 2.45) is 0 Å². The van der Waals surface area contributed by atoms with Gasteiger partial charge in [0.2, 0.25) is 5.91 Å². The van der Waals surface area contributed by atoms with Crippen LogP contribution in [0.25, 0.3) is 10.2 Å². The third-order valence-electron chi connectivity index (χ3n) is 5.09. The number of aromatic nitrogens is 1. The van der Waals surface area contributed by atoms with Crippen molar-refractivity contribution in [2.45, 2.75) is 51.0 Å². The zero-order valence-electron chi connectivity index (χ0n) is 13.5. The van der Waals surface area contributed by atoms with Crippen LogP contribution in [0.2, 0.25) is 0 Å². The molecule has 1 N–H and O–H groups in total. The topological polar surface area (TPSA) is 45.2 Å². The summed E-state index contributed by atoms with van der Waals surface area (Å²) in [6, 6.07) is 6.77. The van der Waals surface area contributed by atoms with Crippen molar-refractivity contribution < 1.29 is 4.79 Å². The molecule has 23 heavy (non-hydrogen) atoms. The summed E-state index contributed by atoms with van der Waals surface area (Å²) in [5.41, 5.74) is 1.92. The number of thiazole rings is 1. The van der Waals surface area contributed by atoms with Gasteiger partial charge in [0.05, 0.1) is 15.2 Å². The number of benzene rings is 1. The lowest BCUT2D eigenvalue weighted by atomic mass is 9.79. The highest BCUT2D eigenvalue weighted by molar-refractivity contribution is 7.18. The van der Waals surface area contributed by atoms with E-state index >= 15 is 0 Å². The molecule has 4 nitrogen and oxygen atoms in total. The molecule has 0 unspecified atom stereocenters. The molecule has 5 heteroatoms. The minimum absolute atomic E-state index is 0.0301. The molecule has 1 saturated carbocycles. The van der Waals surface area contributed by atoms with Gasteiger partial charge in [-0.2, -0.15) is 0 Å². The van der Waals surface area contributed by atoms with Crippen LogP contribution in [0.3, 0.4) is 0 Å². The van der Waals surface area contributed by atoms with E-state index in [2.05, 4.69) is 10.2 Å². The van der Waals surface area contributed by atoms with Crippen molar-refractivity contribution in [2.75, 3.05) is 18.4 Å². The highest BCUT2D eigenvalue weighted by atomic mass is 32.1. The number of carbonyl (C=O) groups excluding carboxylic acids is 1. The van der Waals surface area contributed by atoms with E-state index in [4.69, 9.17) is 4.98 Å². The molecule has 1 aromatic carbocycles. The van der Waals surface area contributed by atoms with Crippen LogP contribution in [0.5, 0.6) is 0 Å². The summed E-state index contributed by atoms with van der Waals surface area (Å²) in [7, 11) is 0. The maximum Gasteiger partial charge on any atom is 0.221 e. The Bertz CT molecular complexity index is 714. The molecule has 1 aliphatic carbocycles. The summed E-state index contributed by atoms with van der Waals surface area (Å²) in [6.45, 7) is 4.12. The summed E-state index contributed by atoms with van der Waals surface area (Å²) < 4.78 is 1.17. The number of piperidine rings is 1. The summed E-state index contributed by atoms with van der Waals surface area (Å²) in [5.74, 6) is 0.598. The Hall–Kier alpha value is -1.46. The molecule has 2 heterocycles. The van der Waals surface area contributed by atoms with E-state index in [-0.39, 0.29) is 5.91 Å². The van der Waals surface area contributed by atoms with Gasteiger partial charge >= 0.3 is 0 Å². The van der Waals surface area contributed by atoms with Crippen LogP contribution in [0.1, 0.15) is 50.0 Å². The quantitative estimate of drug-likeness (QED) is 0.926. The molecule has 4 rings (SSSR count). The molecule has 0 radical (unpaired) electrons. The second-order valence-electron chi connectivity index (χ2n) is 6.83. The second kappa shape index (κ2) is 6.21. The molecule has 2 aromatic rings. The first-order chi connectivity index (χ1) is 11.2. The normalized spacial score (nSPS) is 25.3. The van der Waals surface area contributed by atoms with Gasteiger partial charge in [-0.05, 0) is 57.0 Å². The third kappa shape index (κ3) is 3.12. The van der Waals surface area contributed by atoms with E-state index in [1.165, 1.54) is 61.8 Å². The van der Waals surface area contributed by atoms with E-state index in [1.807, 2.05) is 18.2 Å². The van der Waals surface area contributed by atoms with Gasteiger partial charge in [-0.3, -0.25) is 4.79 Å². The molecule has 1 amide bonds. The SMILES string of the molecule is CC(=O)Nc1ccc2nc(C3CC(N4CCCCC4)C3)sc2c1. The van der Waals surface area contributed by atoms with E-state index in [0.717, 1.165) is 17.2 Å². The predicted octanol–water partition coefficient (Wildman–Crippen LogP) is 3.99. The molecule has 122 valence electrons. The molecular formula is C18H23N3OS. The molecule has 0 bridgehead atoms. The number of carbonyl (C=O) groups is 1. The van der Waals surface area contributed by atoms with E-state index in [1.54, 1.807) is 11.3 Å². The van der Waals surface area contributed by atoms with Crippen molar-refractivity contribution in [3.8, 4) is 0 Å². The minimum atomic E-state index is -0.0301. The Morgan fingerprint density at radius 1 is 1.26 bits per heavy atom. The van der Waals surface area contributed by atoms with Crippen LogP contribution in [-0.4, -0.2) is 34.9 Å². The molecule has 1 saturated heterocycles. The highest BCUT2D eigenvalue weighted by Gasteiger charge is 2.36. The Morgan fingerprint density at radius 2 is 2.04 bits per heavy atom. The summed E-state index contributed by atoms with van der Waals surface area (Å²) in [5, 5.41) is 4.12. The lowest BCUT2D eigenvalue weighted by molar-refractivity contribution is -0.114. The molecule has 1 aliphatic heterocycles. The number of rotatable bonds is 3. The standard InChI is InChI=1S/C18H23N3OS/c1-12(22)19-14-5-6-16-17(11-14)23-18(20-16)13-9-15(10-13)21-7-3-2-4-8-21/h5-6,11,13,15H,2-4,7-10H2,1H3,(H,19,22). The number of hydrogen-bond donors (Lipinski definition) is 1. The predicted molar refractivity (Wildman–Crippen MR) is 95.1 cm³/mol. The van der Waals surface area contributed by atoms with Crippen molar-refractivity contribution in [1.82, 2.24) is 9.88 Å². The van der Waals surface area contributed by atoms with Gasteiger partial charge in [0, 0.05) is 24.6 Å². The zero-order chi connectivity index (χ0) is 15.8. The van der Waals surface area contributed by atoms with Crippen LogP contribution in [-0.2, 0) is 4.79 Å². The fourth-order valence-corrected chi connectivity index (χ4v) is 4.90. The molecule has 1 aromatic heterocycles. The van der Waals surface area contributed by atoms with Crippen LogP contribution < -0.4 is 5.32 Å². The first-order valence-corrected chi connectivity index (χ1v) is 9.43. The smallest absolute Gasteiger partial charge is 0.221 e. The van der Waals surface area contributed by atoms with E-state index in [0.29, 0.717) is 5.92 Å². The molecular weight excluding hydrogens is 306 g/mol. The average Bonchev–Trinajstić information content (AvgIpc) is 2.89. The Kier molecular flexibility index (Phi) is 4.07. The number of amides is 1. The van der Waals surface area contributed by atoms with Crippen molar-refractivity contribution >= 4 is 33.1 Å². The molecule has 0 atom stereocenters. The monoisotopic (exact) mass is 329 g/mol. The summed E-state index contributed by atoms with van der Waals surface area (Å²) in [4.78, 5) is 18.7. The highest BCUT2D eigenvalue weighted by Crippen LogP contribution is 2.43. The van der Waals surface area contributed by atoms with Crippen LogP contribution in [0, 0.1) is 0 Å². The van der Waals surface area contributed by atoms with E-state index in [9.17, 15) is 4.79 Å². The fraction of sp³-hybridized carbons (Fsp3) is 0.556. The number of anilines is 1. The van der Waals surface area contributed by atoms with Gasteiger partial charge in [-0.15, -0.1) is 11.3 Å². The zero-order valence-corrected chi connectivity index (χ0v) is 14.4. The first-order valence-electron chi connectivity index (χ1n) is 8.61. The largest absolute Gasteiger partial charge is 0.326 e. The minimum Gasteiger partial charge on any atom is -0.326 e. The number of nitrogens with zero attached hydrogens (tertiary/aromatic N) is 2. The van der Waals surface area contributed by atoms with Gasteiger partial charge in [0.15, 0.2) is 0 Å². The van der Waals surface area contributed by atoms with Crippen molar-refractivity contribution in [3.63, 3.8) is 0 Å². The lowest BCUT2D eigenvalue weighted by Crippen LogP contribution is -2.46. The van der Waals surface area contributed by atoms with Crippen molar-refractivity contribution in [1.29, 1.82) is 0 Å². The van der Waals surface area contributed by atoms with Gasteiger partial charge in [0.25, 0.3) is 0 Å². The second-order valence-corrected chi connectivity index (χ2v) is 7.90. The number of nitrogens with one attached hydrogen (secondary N) is 1. The maximum atomic E-state index is 11.2. The summed E-state index contributed by atoms with van der Waals surface area (Å²) in [6.07, 6.45) is 6.67.